The summed E-state index contributed by atoms with van der Waals surface area (Å²) < 4.78 is 1.40. The predicted molar refractivity (Wildman–Crippen MR) is 68.8 cm³/mol. The van der Waals surface area contributed by atoms with E-state index in [1.165, 1.54) is 4.68 Å². The number of hydrogen-bond acceptors (Lipinski definition) is 3. The predicted octanol–water partition coefficient (Wildman–Crippen LogP) is 1.75. The molecular weight excluding hydrogens is 226 g/mol. The minimum absolute atomic E-state index is 0.0156. The molecule has 0 N–H and O–H groups in total. The second kappa shape index (κ2) is 4.37. The summed E-state index contributed by atoms with van der Waals surface area (Å²) in [7, 11) is 0. The summed E-state index contributed by atoms with van der Waals surface area (Å²) in [5, 5.41) is 4.24. The maximum Gasteiger partial charge on any atom is 0.276 e. The van der Waals surface area contributed by atoms with E-state index in [0.717, 1.165) is 30.4 Å². The van der Waals surface area contributed by atoms with E-state index >= 15 is 0 Å². The zero-order chi connectivity index (χ0) is 12.5. The van der Waals surface area contributed by atoms with Crippen LogP contribution >= 0.6 is 0 Å². The first-order valence-electron chi connectivity index (χ1n) is 6.27. The van der Waals surface area contributed by atoms with Crippen LogP contribution in [0.2, 0.25) is 0 Å². The summed E-state index contributed by atoms with van der Waals surface area (Å²) >= 11 is 0. The third-order valence-electron chi connectivity index (χ3n) is 3.49. The lowest BCUT2D eigenvalue weighted by atomic mass is 9.87. The molecular formula is C14H15N3O. The van der Waals surface area contributed by atoms with Crippen molar-refractivity contribution in [2.24, 2.45) is 5.92 Å². The lowest BCUT2D eigenvalue weighted by molar-refractivity contribution is 0.491. The van der Waals surface area contributed by atoms with Crippen molar-refractivity contribution in [3.8, 4) is 5.82 Å². The summed E-state index contributed by atoms with van der Waals surface area (Å²) in [4.78, 5) is 16.6. The molecule has 3 rings (SSSR count). The Morgan fingerprint density at radius 1 is 1.39 bits per heavy atom. The molecule has 0 radical (unpaired) electrons. The van der Waals surface area contributed by atoms with E-state index in [2.05, 4.69) is 17.0 Å². The molecule has 18 heavy (non-hydrogen) atoms. The molecule has 0 bridgehead atoms. The van der Waals surface area contributed by atoms with Gasteiger partial charge in [-0.3, -0.25) is 4.79 Å². The van der Waals surface area contributed by atoms with Gasteiger partial charge in [-0.2, -0.15) is 9.78 Å². The number of aromatic nitrogens is 3. The van der Waals surface area contributed by atoms with Crippen molar-refractivity contribution < 1.29 is 0 Å². The molecule has 0 aromatic carbocycles. The molecule has 0 saturated carbocycles. The molecule has 0 saturated heterocycles. The van der Waals surface area contributed by atoms with Crippen LogP contribution in [0.15, 0.2) is 35.4 Å². The van der Waals surface area contributed by atoms with E-state index in [9.17, 15) is 4.79 Å². The highest BCUT2D eigenvalue weighted by atomic mass is 16.1. The second-order valence-corrected chi connectivity index (χ2v) is 4.90. The van der Waals surface area contributed by atoms with Gasteiger partial charge >= 0.3 is 0 Å². The lowest BCUT2D eigenvalue weighted by Crippen LogP contribution is -2.29. The van der Waals surface area contributed by atoms with Gasteiger partial charge in [-0.1, -0.05) is 13.0 Å². The molecule has 1 atom stereocenters. The summed E-state index contributed by atoms with van der Waals surface area (Å²) in [6.07, 6.45) is 6.38. The Balaban J connectivity index is 2.12. The lowest BCUT2D eigenvalue weighted by Gasteiger charge is -2.20. The normalized spacial score (nSPS) is 18.4. The van der Waals surface area contributed by atoms with Crippen molar-refractivity contribution in [2.75, 3.05) is 0 Å². The van der Waals surface area contributed by atoms with Crippen molar-refractivity contribution in [2.45, 2.75) is 26.2 Å². The average molecular weight is 241 g/mol. The summed E-state index contributed by atoms with van der Waals surface area (Å²) in [5.74, 6) is 1.23. The Kier molecular flexibility index (Phi) is 2.70. The zero-order valence-electron chi connectivity index (χ0n) is 10.3. The fraction of sp³-hybridized carbons (Fsp3) is 0.357. The quantitative estimate of drug-likeness (QED) is 0.764. The van der Waals surface area contributed by atoms with Crippen LogP contribution in [0, 0.1) is 5.92 Å². The molecule has 0 amide bonds. The molecule has 4 nitrogen and oxygen atoms in total. The van der Waals surface area contributed by atoms with Crippen molar-refractivity contribution in [1.82, 2.24) is 14.8 Å². The fourth-order valence-electron chi connectivity index (χ4n) is 2.48. The summed E-state index contributed by atoms with van der Waals surface area (Å²) in [5.41, 5.74) is 2.00. The van der Waals surface area contributed by atoms with Gasteiger partial charge in [0.05, 0.1) is 6.20 Å². The van der Waals surface area contributed by atoms with Crippen LogP contribution in [-0.2, 0) is 12.8 Å². The SMILES string of the molecule is CC1CCc2c(cnn(-c3ccccn3)c2=O)C1. The van der Waals surface area contributed by atoms with E-state index in [0.29, 0.717) is 11.7 Å². The van der Waals surface area contributed by atoms with Crippen LogP contribution in [0.4, 0.5) is 0 Å². The molecule has 1 aliphatic rings. The molecule has 4 heteroatoms. The van der Waals surface area contributed by atoms with Crippen LogP contribution in [0.1, 0.15) is 24.5 Å². The van der Waals surface area contributed by atoms with Gasteiger partial charge in [0, 0.05) is 11.8 Å². The number of pyridine rings is 1. The molecule has 0 fully saturated rings. The second-order valence-electron chi connectivity index (χ2n) is 4.90. The van der Waals surface area contributed by atoms with Crippen molar-refractivity contribution in [3.05, 3.63) is 52.1 Å². The average Bonchev–Trinajstić information content (AvgIpc) is 2.40. The first-order valence-corrected chi connectivity index (χ1v) is 6.27. The zero-order valence-corrected chi connectivity index (χ0v) is 10.3. The van der Waals surface area contributed by atoms with E-state index in [-0.39, 0.29) is 5.56 Å². The molecule has 1 unspecified atom stereocenters. The van der Waals surface area contributed by atoms with Crippen LogP contribution in [-0.4, -0.2) is 14.8 Å². The highest BCUT2D eigenvalue weighted by Gasteiger charge is 2.19. The summed E-state index contributed by atoms with van der Waals surface area (Å²) in [6.45, 7) is 2.22. The minimum Gasteiger partial charge on any atom is -0.267 e. The molecule has 1 aliphatic carbocycles. The number of fused-ring (bicyclic) bond motifs is 1. The van der Waals surface area contributed by atoms with Crippen LogP contribution in [0.5, 0.6) is 0 Å². The molecule has 0 aliphatic heterocycles. The van der Waals surface area contributed by atoms with Gasteiger partial charge in [0.1, 0.15) is 0 Å². The van der Waals surface area contributed by atoms with Gasteiger partial charge in [-0.15, -0.1) is 0 Å². The maximum atomic E-state index is 12.4. The van der Waals surface area contributed by atoms with Crippen molar-refractivity contribution in [3.63, 3.8) is 0 Å². The third-order valence-corrected chi connectivity index (χ3v) is 3.49. The first-order chi connectivity index (χ1) is 8.75. The van der Waals surface area contributed by atoms with E-state index in [1.807, 2.05) is 18.3 Å². The maximum absolute atomic E-state index is 12.4. The van der Waals surface area contributed by atoms with Crippen molar-refractivity contribution in [1.29, 1.82) is 0 Å². The highest BCUT2D eigenvalue weighted by molar-refractivity contribution is 5.28. The summed E-state index contributed by atoms with van der Waals surface area (Å²) in [6, 6.07) is 5.48. The molecule has 2 heterocycles. The van der Waals surface area contributed by atoms with E-state index < -0.39 is 0 Å². The number of nitrogens with zero attached hydrogens (tertiary/aromatic N) is 3. The van der Waals surface area contributed by atoms with Gasteiger partial charge in [0.2, 0.25) is 0 Å². The smallest absolute Gasteiger partial charge is 0.267 e. The van der Waals surface area contributed by atoms with Crippen LogP contribution in [0.3, 0.4) is 0 Å². The minimum atomic E-state index is -0.0156. The largest absolute Gasteiger partial charge is 0.276 e. The van der Waals surface area contributed by atoms with Gasteiger partial charge in [-0.25, -0.2) is 4.98 Å². The number of rotatable bonds is 1. The van der Waals surface area contributed by atoms with Gasteiger partial charge < -0.3 is 0 Å². The number of hydrogen-bond donors (Lipinski definition) is 0. The van der Waals surface area contributed by atoms with Gasteiger partial charge in [-0.05, 0) is 42.9 Å². The fourth-order valence-corrected chi connectivity index (χ4v) is 2.48. The monoisotopic (exact) mass is 241 g/mol. The van der Waals surface area contributed by atoms with Crippen LogP contribution in [0.25, 0.3) is 5.82 Å². The molecule has 2 aromatic rings. The highest BCUT2D eigenvalue weighted by Crippen LogP contribution is 2.22. The Morgan fingerprint density at radius 3 is 3.06 bits per heavy atom. The first kappa shape index (κ1) is 11.1. The Morgan fingerprint density at radius 2 is 2.28 bits per heavy atom. The van der Waals surface area contributed by atoms with E-state index in [4.69, 9.17) is 0 Å². The van der Waals surface area contributed by atoms with Crippen molar-refractivity contribution >= 4 is 0 Å². The molecule has 2 aromatic heterocycles. The topological polar surface area (TPSA) is 47.8 Å². The van der Waals surface area contributed by atoms with Gasteiger partial charge in [0.25, 0.3) is 5.56 Å². The Hall–Kier alpha value is -1.97. The third kappa shape index (κ3) is 1.83. The molecule has 0 spiro atoms. The Labute approximate surface area is 105 Å². The van der Waals surface area contributed by atoms with E-state index in [1.54, 1.807) is 12.3 Å². The molecule has 92 valence electrons. The standard InChI is InChI=1S/C14H15N3O/c1-10-5-6-12-11(8-10)9-16-17(14(12)18)13-4-2-3-7-15-13/h2-4,7,9-10H,5-6,8H2,1H3. The van der Waals surface area contributed by atoms with Crippen LogP contribution < -0.4 is 5.56 Å². The van der Waals surface area contributed by atoms with Gasteiger partial charge in [0.15, 0.2) is 5.82 Å². The Bertz CT molecular complexity index is 619.